The number of fused-ring (bicyclic) bond motifs is 1. The average Bonchev–Trinajstić information content (AvgIpc) is 2.89. The summed E-state index contributed by atoms with van der Waals surface area (Å²) in [4.78, 5) is 26.6. The number of carbonyl (C=O) groups is 1. The van der Waals surface area contributed by atoms with E-state index in [1.165, 1.54) is 18.6 Å². The molecule has 0 bridgehead atoms. The van der Waals surface area contributed by atoms with Gasteiger partial charge in [-0.1, -0.05) is 6.07 Å². The van der Waals surface area contributed by atoms with Gasteiger partial charge in [0.25, 0.3) is 5.91 Å². The van der Waals surface area contributed by atoms with Crippen molar-refractivity contribution < 1.29 is 18.7 Å². The molecular formula is C26H27FN4O3. The number of nitrogens with zero attached hydrogens (tertiary/aromatic N) is 4. The van der Waals surface area contributed by atoms with Crippen molar-refractivity contribution in [2.45, 2.75) is 32.2 Å². The summed E-state index contributed by atoms with van der Waals surface area (Å²) < 4.78 is 25.2. The minimum Gasteiger partial charge on any atom is -0.497 e. The molecule has 3 heterocycles. The first kappa shape index (κ1) is 22.1. The van der Waals surface area contributed by atoms with E-state index in [-0.39, 0.29) is 5.91 Å². The fourth-order valence-corrected chi connectivity index (χ4v) is 4.42. The van der Waals surface area contributed by atoms with Crippen molar-refractivity contribution >= 4 is 11.9 Å². The summed E-state index contributed by atoms with van der Waals surface area (Å²) in [7, 11) is 1.62. The number of ether oxygens (including phenoxy) is 2. The molecular weight excluding hydrogens is 435 g/mol. The van der Waals surface area contributed by atoms with Crippen LogP contribution in [0.5, 0.6) is 17.4 Å². The summed E-state index contributed by atoms with van der Waals surface area (Å²) in [6, 6.07) is 13.1. The number of piperidine rings is 1. The predicted molar refractivity (Wildman–Crippen MR) is 126 cm³/mol. The molecule has 176 valence electrons. The van der Waals surface area contributed by atoms with Gasteiger partial charge in [0.05, 0.1) is 24.9 Å². The van der Waals surface area contributed by atoms with Gasteiger partial charge >= 0.3 is 0 Å². The maximum absolute atomic E-state index is 13.7. The monoisotopic (exact) mass is 462 g/mol. The third kappa shape index (κ3) is 4.66. The van der Waals surface area contributed by atoms with Crippen molar-refractivity contribution in [2.24, 2.45) is 0 Å². The Labute approximate surface area is 198 Å². The second-order valence-corrected chi connectivity index (χ2v) is 8.57. The third-order valence-corrected chi connectivity index (χ3v) is 6.28. The van der Waals surface area contributed by atoms with E-state index in [2.05, 4.69) is 4.90 Å². The number of rotatable bonds is 5. The molecule has 2 aromatic carbocycles. The Balaban J connectivity index is 1.47. The molecule has 8 heteroatoms. The van der Waals surface area contributed by atoms with Crippen LogP contribution in [0.4, 0.5) is 10.3 Å². The highest BCUT2D eigenvalue weighted by Crippen LogP contribution is 2.33. The number of halogens is 1. The van der Waals surface area contributed by atoms with E-state index in [0.717, 1.165) is 42.9 Å². The first-order chi connectivity index (χ1) is 16.6. The molecule has 34 heavy (non-hydrogen) atoms. The van der Waals surface area contributed by atoms with Gasteiger partial charge in [-0.25, -0.2) is 9.37 Å². The maximum atomic E-state index is 13.7. The van der Waals surface area contributed by atoms with E-state index < -0.39 is 5.82 Å². The molecule has 0 unspecified atom stereocenters. The highest BCUT2D eigenvalue weighted by molar-refractivity contribution is 5.94. The number of hydrogen-bond acceptors (Lipinski definition) is 6. The van der Waals surface area contributed by atoms with Crippen LogP contribution >= 0.6 is 0 Å². The number of benzene rings is 2. The molecule has 0 spiro atoms. The molecule has 0 atom stereocenters. The lowest BCUT2D eigenvalue weighted by Gasteiger charge is -2.32. The summed E-state index contributed by atoms with van der Waals surface area (Å²) >= 11 is 0. The highest BCUT2D eigenvalue weighted by Gasteiger charge is 2.28. The Morgan fingerprint density at radius 3 is 2.47 bits per heavy atom. The molecule has 0 radical (unpaired) electrons. The molecule has 5 rings (SSSR count). The Morgan fingerprint density at radius 1 is 0.971 bits per heavy atom. The van der Waals surface area contributed by atoms with Gasteiger partial charge in [-0.2, -0.15) is 4.98 Å². The molecule has 3 aromatic rings. The first-order valence-corrected chi connectivity index (χ1v) is 11.6. The fraction of sp³-hybridized carbons (Fsp3) is 0.346. The highest BCUT2D eigenvalue weighted by atomic mass is 19.1. The van der Waals surface area contributed by atoms with E-state index in [1.54, 1.807) is 24.1 Å². The number of hydrogen-bond donors (Lipinski definition) is 0. The lowest BCUT2D eigenvalue weighted by atomic mass is 10.0. The summed E-state index contributed by atoms with van der Waals surface area (Å²) in [5.74, 6) is 1.83. The van der Waals surface area contributed by atoms with E-state index in [0.29, 0.717) is 42.7 Å². The largest absolute Gasteiger partial charge is 0.497 e. The molecule has 7 nitrogen and oxygen atoms in total. The summed E-state index contributed by atoms with van der Waals surface area (Å²) in [6.45, 7) is 2.65. The van der Waals surface area contributed by atoms with Crippen molar-refractivity contribution in [1.82, 2.24) is 14.9 Å². The molecule has 2 aliphatic rings. The van der Waals surface area contributed by atoms with Crippen LogP contribution in [0.3, 0.4) is 0 Å². The number of carbonyl (C=O) groups excluding carboxylic acids is 1. The van der Waals surface area contributed by atoms with Crippen LogP contribution in [0.15, 0.2) is 48.5 Å². The Kier molecular flexibility index (Phi) is 6.29. The van der Waals surface area contributed by atoms with E-state index in [9.17, 15) is 9.18 Å². The quantitative estimate of drug-likeness (QED) is 0.552. The van der Waals surface area contributed by atoms with Crippen LogP contribution in [-0.2, 0) is 13.0 Å². The van der Waals surface area contributed by atoms with Crippen molar-refractivity contribution in [3.8, 4) is 17.4 Å². The molecule has 1 amide bonds. The fourth-order valence-electron chi connectivity index (χ4n) is 4.42. The number of amides is 1. The van der Waals surface area contributed by atoms with E-state index >= 15 is 0 Å². The zero-order chi connectivity index (χ0) is 23.5. The van der Waals surface area contributed by atoms with Gasteiger partial charge in [-0.15, -0.1) is 0 Å². The van der Waals surface area contributed by atoms with Gasteiger partial charge in [0, 0.05) is 31.6 Å². The van der Waals surface area contributed by atoms with Crippen molar-refractivity contribution in [3.63, 3.8) is 0 Å². The van der Waals surface area contributed by atoms with Crippen molar-refractivity contribution in [3.05, 3.63) is 71.2 Å². The average molecular weight is 463 g/mol. The van der Waals surface area contributed by atoms with Gasteiger partial charge in [0.2, 0.25) is 11.8 Å². The number of anilines is 1. The minimum atomic E-state index is -0.429. The van der Waals surface area contributed by atoms with Gasteiger partial charge in [-0.05, 0) is 61.7 Å². The predicted octanol–water partition coefficient (Wildman–Crippen LogP) is 4.61. The normalized spacial score (nSPS) is 15.6. The van der Waals surface area contributed by atoms with Crippen molar-refractivity contribution in [2.75, 3.05) is 31.6 Å². The van der Waals surface area contributed by atoms with Crippen molar-refractivity contribution in [1.29, 1.82) is 0 Å². The van der Waals surface area contributed by atoms with Crippen LogP contribution < -0.4 is 14.4 Å². The zero-order valence-electron chi connectivity index (χ0n) is 19.2. The lowest BCUT2D eigenvalue weighted by molar-refractivity contribution is 0.0731. The van der Waals surface area contributed by atoms with E-state index in [1.807, 2.05) is 24.3 Å². The molecule has 1 aromatic heterocycles. The second-order valence-electron chi connectivity index (χ2n) is 8.57. The van der Waals surface area contributed by atoms with Gasteiger partial charge < -0.3 is 19.3 Å². The van der Waals surface area contributed by atoms with Gasteiger partial charge in [-0.3, -0.25) is 4.79 Å². The molecule has 2 aliphatic heterocycles. The maximum Gasteiger partial charge on any atom is 0.254 e. The second kappa shape index (κ2) is 9.67. The van der Waals surface area contributed by atoms with Crippen LogP contribution in [0, 0.1) is 5.82 Å². The van der Waals surface area contributed by atoms with E-state index in [4.69, 9.17) is 19.4 Å². The molecule has 1 fully saturated rings. The molecule has 0 aliphatic carbocycles. The minimum absolute atomic E-state index is 0.222. The number of aromatic nitrogens is 2. The Hall–Kier alpha value is -3.68. The van der Waals surface area contributed by atoms with Crippen LogP contribution in [-0.4, -0.2) is 47.5 Å². The summed E-state index contributed by atoms with van der Waals surface area (Å²) in [6.07, 6.45) is 4.03. The molecule has 0 saturated carbocycles. The molecule has 0 N–H and O–H groups in total. The summed E-state index contributed by atoms with van der Waals surface area (Å²) in [5, 5.41) is 0. The Bertz CT molecular complexity index is 1180. The van der Waals surface area contributed by atoms with Crippen LogP contribution in [0.25, 0.3) is 0 Å². The van der Waals surface area contributed by atoms with Crippen LogP contribution in [0.1, 0.15) is 40.9 Å². The molecule has 1 saturated heterocycles. The van der Waals surface area contributed by atoms with Gasteiger partial charge in [0.15, 0.2) is 0 Å². The SMILES string of the molecule is COc1ccc(Oc2nc(N3CCCCC3)nc3c2CN(C(=O)c2cccc(F)c2)CC3)cc1. The number of methoxy groups -OCH3 is 1. The lowest BCUT2D eigenvalue weighted by Crippen LogP contribution is -2.37. The standard InChI is InChI=1S/C26H27FN4O3/c1-33-20-8-10-21(11-9-20)34-24-22-17-31(25(32)18-6-5-7-19(27)16-18)15-12-23(22)28-26(29-24)30-13-3-2-4-14-30/h5-11,16H,2-4,12-15,17H2,1H3. The smallest absolute Gasteiger partial charge is 0.254 e. The third-order valence-electron chi connectivity index (χ3n) is 6.28. The summed E-state index contributed by atoms with van der Waals surface area (Å²) in [5.41, 5.74) is 2.00. The zero-order valence-corrected chi connectivity index (χ0v) is 19.2. The Morgan fingerprint density at radius 2 is 1.74 bits per heavy atom. The van der Waals surface area contributed by atoms with Gasteiger partial charge in [0.1, 0.15) is 17.3 Å². The topological polar surface area (TPSA) is 67.8 Å². The van der Waals surface area contributed by atoms with Crippen LogP contribution in [0.2, 0.25) is 0 Å². The first-order valence-electron chi connectivity index (χ1n) is 11.6.